The van der Waals surface area contributed by atoms with E-state index in [2.05, 4.69) is 15.0 Å². The minimum absolute atomic E-state index is 0.182. The van der Waals surface area contributed by atoms with E-state index in [0.717, 1.165) is 5.56 Å². The summed E-state index contributed by atoms with van der Waals surface area (Å²) in [5.74, 6) is 0.654. The zero-order chi connectivity index (χ0) is 24.0. The van der Waals surface area contributed by atoms with E-state index < -0.39 is 5.82 Å². The number of hydrogen-bond donors (Lipinski definition) is 0. The Labute approximate surface area is 200 Å². The molecule has 1 saturated heterocycles. The molecule has 1 aromatic carbocycles. The van der Waals surface area contributed by atoms with Crippen LogP contribution in [0.5, 0.6) is 0 Å². The Morgan fingerprint density at radius 2 is 2.09 bits per heavy atom. The fourth-order valence-electron chi connectivity index (χ4n) is 4.41. The van der Waals surface area contributed by atoms with Crippen LogP contribution in [0, 0.1) is 12.7 Å². The number of ether oxygens (including phenoxy) is 1. The van der Waals surface area contributed by atoms with Crippen LogP contribution in [0.25, 0.3) is 22.2 Å². The molecule has 0 amide bonds. The molecule has 0 aliphatic carbocycles. The first-order valence-electron chi connectivity index (χ1n) is 11.1. The summed E-state index contributed by atoms with van der Waals surface area (Å²) in [4.78, 5) is 24.9. The molecule has 0 radical (unpaired) electrons. The summed E-state index contributed by atoms with van der Waals surface area (Å²) in [5.41, 5.74) is 1.66. The molecule has 8 nitrogen and oxygen atoms in total. The number of benzene rings is 1. The zero-order valence-electron chi connectivity index (χ0n) is 19.1. The Hall–Kier alpha value is -3.30. The second-order valence-corrected chi connectivity index (χ2v) is 8.75. The van der Waals surface area contributed by atoms with Gasteiger partial charge in [-0.15, -0.1) is 0 Å². The van der Waals surface area contributed by atoms with Crippen molar-refractivity contribution in [1.29, 1.82) is 0 Å². The van der Waals surface area contributed by atoms with Crippen molar-refractivity contribution in [2.45, 2.75) is 26.5 Å². The number of halogens is 2. The Morgan fingerprint density at radius 1 is 1.26 bits per heavy atom. The van der Waals surface area contributed by atoms with E-state index in [-0.39, 0.29) is 33.3 Å². The molecular formula is C24H24ClFN6O2. The maximum absolute atomic E-state index is 15.0. The number of hydrogen-bond acceptors (Lipinski definition) is 6. The first-order valence-corrected chi connectivity index (χ1v) is 11.5. The molecule has 10 heteroatoms. The maximum Gasteiger partial charge on any atom is 0.263 e. The highest BCUT2D eigenvalue weighted by Crippen LogP contribution is 2.32. The van der Waals surface area contributed by atoms with Gasteiger partial charge in [-0.2, -0.15) is 5.10 Å². The Balaban J connectivity index is 1.68. The van der Waals surface area contributed by atoms with Gasteiger partial charge in [-0.05, 0) is 32.0 Å². The number of morpholine rings is 1. The molecule has 176 valence electrons. The summed E-state index contributed by atoms with van der Waals surface area (Å²) in [6.07, 6.45) is 3.53. The summed E-state index contributed by atoms with van der Waals surface area (Å²) in [6.45, 7) is 5.75. The van der Waals surface area contributed by atoms with Crippen LogP contribution in [0.3, 0.4) is 0 Å². The fraction of sp³-hybridized carbons (Fsp3) is 0.333. The molecule has 1 aliphatic rings. The average Bonchev–Trinajstić information content (AvgIpc) is 3.25. The van der Waals surface area contributed by atoms with E-state index in [4.69, 9.17) is 21.3 Å². The van der Waals surface area contributed by atoms with Crippen molar-refractivity contribution in [2.24, 2.45) is 7.05 Å². The minimum atomic E-state index is -0.545. The van der Waals surface area contributed by atoms with E-state index in [1.807, 2.05) is 20.2 Å². The monoisotopic (exact) mass is 482 g/mol. The third-order valence-corrected chi connectivity index (χ3v) is 6.34. The second-order valence-electron chi connectivity index (χ2n) is 8.31. The Kier molecular flexibility index (Phi) is 5.83. The van der Waals surface area contributed by atoms with E-state index in [1.54, 1.807) is 40.6 Å². The largest absolute Gasteiger partial charge is 0.370 e. The Morgan fingerprint density at radius 3 is 2.79 bits per heavy atom. The molecule has 0 spiro atoms. The van der Waals surface area contributed by atoms with Gasteiger partial charge in [-0.3, -0.25) is 14.0 Å². The summed E-state index contributed by atoms with van der Waals surface area (Å²) in [6, 6.07) is 6.17. The molecule has 0 bridgehead atoms. The average molecular weight is 483 g/mol. The highest BCUT2D eigenvalue weighted by atomic mass is 35.5. The predicted molar refractivity (Wildman–Crippen MR) is 129 cm³/mol. The van der Waals surface area contributed by atoms with Crippen LogP contribution in [0.4, 0.5) is 10.2 Å². The molecule has 3 aromatic heterocycles. The number of pyridine rings is 1. The fourth-order valence-corrected chi connectivity index (χ4v) is 4.57. The predicted octanol–water partition coefficient (Wildman–Crippen LogP) is 3.89. The molecule has 0 N–H and O–H groups in total. The van der Waals surface area contributed by atoms with Crippen molar-refractivity contribution >= 4 is 28.3 Å². The number of rotatable bonds is 4. The van der Waals surface area contributed by atoms with E-state index in [0.29, 0.717) is 43.4 Å². The summed E-state index contributed by atoms with van der Waals surface area (Å²) < 4.78 is 24.3. The maximum atomic E-state index is 15.0. The molecule has 34 heavy (non-hydrogen) atoms. The number of aromatic nitrogens is 5. The molecule has 5 rings (SSSR count). The summed E-state index contributed by atoms with van der Waals surface area (Å²) >= 11 is 5.98. The van der Waals surface area contributed by atoms with Crippen molar-refractivity contribution in [1.82, 2.24) is 24.3 Å². The standard InChI is InChI=1S/C24H24ClFN6O2/c1-4-32-14(2)28-19-10-21(31-7-8-34-20(13-31)15-11-27-30(3)12-15)29-23(22(19)24(32)33)17-6-5-16(25)9-18(17)26/h5-6,9-12,20H,4,7-8,13H2,1-3H3. The van der Waals surface area contributed by atoms with Gasteiger partial charge in [0.15, 0.2) is 0 Å². The lowest BCUT2D eigenvalue weighted by atomic mass is 10.1. The Bertz CT molecular complexity index is 1450. The van der Waals surface area contributed by atoms with Gasteiger partial charge in [0.05, 0.1) is 29.4 Å². The van der Waals surface area contributed by atoms with E-state index in [9.17, 15) is 4.79 Å². The lowest BCUT2D eigenvalue weighted by molar-refractivity contribution is 0.0395. The van der Waals surface area contributed by atoms with Gasteiger partial charge >= 0.3 is 0 Å². The van der Waals surface area contributed by atoms with Crippen molar-refractivity contribution in [3.63, 3.8) is 0 Å². The molecule has 0 saturated carbocycles. The van der Waals surface area contributed by atoms with Gasteiger partial charge in [0.1, 0.15) is 23.6 Å². The highest BCUT2D eigenvalue weighted by Gasteiger charge is 2.26. The number of anilines is 1. The number of fused-ring (bicyclic) bond motifs is 1. The minimum Gasteiger partial charge on any atom is -0.370 e. The molecule has 1 aliphatic heterocycles. The van der Waals surface area contributed by atoms with Crippen LogP contribution in [-0.2, 0) is 18.3 Å². The van der Waals surface area contributed by atoms with E-state index in [1.165, 1.54) is 6.07 Å². The normalized spacial score (nSPS) is 16.4. The van der Waals surface area contributed by atoms with Gasteiger partial charge < -0.3 is 9.64 Å². The summed E-state index contributed by atoms with van der Waals surface area (Å²) in [5, 5.41) is 4.80. The molecule has 1 atom stereocenters. The van der Waals surface area contributed by atoms with Gasteiger partial charge in [0, 0.05) is 55.1 Å². The van der Waals surface area contributed by atoms with Gasteiger partial charge in [-0.1, -0.05) is 11.6 Å². The number of nitrogens with zero attached hydrogens (tertiary/aromatic N) is 6. The first-order chi connectivity index (χ1) is 16.4. The quantitative estimate of drug-likeness (QED) is 0.439. The van der Waals surface area contributed by atoms with E-state index >= 15 is 4.39 Å². The van der Waals surface area contributed by atoms with Crippen molar-refractivity contribution in [3.8, 4) is 11.3 Å². The molecular weight excluding hydrogens is 459 g/mol. The second kappa shape index (κ2) is 8.81. The molecule has 1 fully saturated rings. The van der Waals surface area contributed by atoms with Crippen LogP contribution < -0.4 is 10.5 Å². The van der Waals surface area contributed by atoms with Crippen molar-refractivity contribution in [3.05, 3.63) is 69.2 Å². The molecule has 4 aromatic rings. The summed E-state index contributed by atoms with van der Waals surface area (Å²) in [7, 11) is 1.86. The zero-order valence-corrected chi connectivity index (χ0v) is 19.9. The van der Waals surface area contributed by atoms with Gasteiger partial charge in [0.2, 0.25) is 0 Å². The van der Waals surface area contributed by atoms with Crippen LogP contribution in [0.1, 0.15) is 24.4 Å². The van der Waals surface area contributed by atoms with Crippen molar-refractivity contribution < 1.29 is 9.13 Å². The third-order valence-electron chi connectivity index (χ3n) is 6.11. The van der Waals surface area contributed by atoms with Crippen molar-refractivity contribution in [2.75, 3.05) is 24.6 Å². The van der Waals surface area contributed by atoms with Gasteiger partial charge in [0.25, 0.3) is 5.56 Å². The topological polar surface area (TPSA) is 78.1 Å². The smallest absolute Gasteiger partial charge is 0.263 e. The molecule has 4 heterocycles. The van der Waals surface area contributed by atoms with Crippen LogP contribution in [-0.4, -0.2) is 44.0 Å². The third kappa shape index (κ3) is 3.95. The molecule has 1 unspecified atom stereocenters. The van der Waals surface area contributed by atoms with Gasteiger partial charge in [-0.25, -0.2) is 14.4 Å². The highest BCUT2D eigenvalue weighted by molar-refractivity contribution is 6.30. The lowest BCUT2D eigenvalue weighted by Crippen LogP contribution is -2.39. The van der Waals surface area contributed by atoms with Crippen LogP contribution in [0.15, 0.2) is 41.5 Å². The SMILES string of the molecule is CCn1c(C)nc2cc(N3CCOC(c4cnn(C)c4)C3)nc(-c3ccc(Cl)cc3F)c2c1=O. The first kappa shape index (κ1) is 22.5. The van der Waals surface area contributed by atoms with Crippen LogP contribution >= 0.6 is 11.6 Å². The number of aryl methyl sites for hydroxylation is 2. The van der Waals surface area contributed by atoms with Crippen LogP contribution in [0.2, 0.25) is 5.02 Å². The lowest BCUT2D eigenvalue weighted by Gasteiger charge is -2.33.